The standard InChI is InChI=1S/C33H36FN7O2/c1-19-23-15-25(34)30(40-16-22-9-6-12-37-26(22)18-40)31-29(23)41(17-24(19)32(42)38-10-4-5-11-39-33(35)36)27-13-20-7-2-3-8-21(20)14-28(27)43-31/h2-3,7-8,13-15,17,22,26,37H,1,4-6,9-12,16,18H2,(H,38,42)(H4,35,36,39). The molecule has 0 bridgehead atoms. The van der Waals surface area contributed by atoms with Crippen LogP contribution in [0.15, 0.2) is 53.1 Å². The molecule has 2 atom stereocenters. The number of amides is 1. The number of nitrogens with one attached hydrogen (secondary N) is 4. The highest BCUT2D eigenvalue weighted by atomic mass is 19.1. The number of rotatable bonds is 7. The lowest BCUT2D eigenvalue weighted by Gasteiger charge is -2.26. The molecule has 2 fully saturated rings. The lowest BCUT2D eigenvalue weighted by atomic mass is 9.94. The Balaban J connectivity index is 1.36. The molecule has 9 nitrogen and oxygen atoms in total. The van der Waals surface area contributed by atoms with Gasteiger partial charge in [-0.15, -0.1) is 0 Å². The van der Waals surface area contributed by atoms with Gasteiger partial charge in [0, 0.05) is 43.8 Å². The Kier molecular flexibility index (Phi) is 6.93. The van der Waals surface area contributed by atoms with Crippen molar-refractivity contribution in [3.05, 3.63) is 65.3 Å². The van der Waals surface area contributed by atoms with E-state index in [4.69, 9.17) is 15.6 Å². The number of aromatic nitrogens is 1. The van der Waals surface area contributed by atoms with Gasteiger partial charge in [0.1, 0.15) is 5.69 Å². The quantitative estimate of drug-likeness (QED) is 0.0651. The van der Waals surface area contributed by atoms with E-state index in [-0.39, 0.29) is 17.7 Å². The van der Waals surface area contributed by atoms with Crippen molar-refractivity contribution in [2.75, 3.05) is 37.6 Å². The summed E-state index contributed by atoms with van der Waals surface area (Å²) in [5, 5.41) is 19.7. The molecule has 0 saturated carbocycles. The maximum Gasteiger partial charge on any atom is 0.253 e. The number of anilines is 1. The second-order valence-corrected chi connectivity index (χ2v) is 11.8. The molecule has 43 heavy (non-hydrogen) atoms. The predicted octanol–water partition coefficient (Wildman–Crippen LogP) is 3.98. The number of hydrogen-bond donors (Lipinski definition) is 5. The molecule has 0 aromatic heterocycles. The zero-order valence-electron chi connectivity index (χ0n) is 24.0. The predicted molar refractivity (Wildman–Crippen MR) is 169 cm³/mol. The summed E-state index contributed by atoms with van der Waals surface area (Å²) in [5.74, 6) is -0.253. The van der Waals surface area contributed by atoms with Gasteiger partial charge in [-0.2, -0.15) is 0 Å². The minimum absolute atomic E-state index is 0.0700. The number of piperidine rings is 1. The van der Waals surface area contributed by atoms with E-state index < -0.39 is 0 Å². The number of unbranched alkanes of at least 4 members (excludes halogenated alkanes) is 1. The number of nitrogens with zero attached hydrogens (tertiary/aromatic N) is 2. The number of hydrogen-bond acceptors (Lipinski definition) is 5. The summed E-state index contributed by atoms with van der Waals surface area (Å²) >= 11 is 0. The fraction of sp³-hybridized carbons (Fsp3) is 0.333. The number of benzene rings is 3. The number of pyridine rings is 1. The van der Waals surface area contributed by atoms with Gasteiger partial charge < -0.3 is 35.6 Å². The second kappa shape index (κ2) is 10.9. The maximum absolute atomic E-state index is 16.3. The Morgan fingerprint density at radius 1 is 1.12 bits per heavy atom. The number of carbonyl (C=O) groups excluding carboxylic acids is 1. The van der Waals surface area contributed by atoms with Crippen molar-refractivity contribution in [2.24, 2.45) is 11.7 Å². The van der Waals surface area contributed by atoms with Crippen molar-refractivity contribution in [1.82, 2.24) is 20.5 Å². The minimum atomic E-state index is -0.377. The monoisotopic (exact) mass is 581 g/mol. The molecule has 10 heteroatoms. The summed E-state index contributed by atoms with van der Waals surface area (Å²) in [6.45, 7) is 7.73. The van der Waals surface area contributed by atoms with Crippen LogP contribution in [-0.2, 0) is 0 Å². The minimum Gasteiger partial charge on any atom is -0.451 e. The van der Waals surface area contributed by atoms with Crippen molar-refractivity contribution in [2.45, 2.75) is 31.7 Å². The first-order valence-electron chi connectivity index (χ1n) is 15.0. The summed E-state index contributed by atoms with van der Waals surface area (Å²) in [6.07, 6.45) is 5.53. The largest absolute Gasteiger partial charge is 0.451 e. The van der Waals surface area contributed by atoms with Crippen LogP contribution in [0.1, 0.15) is 36.0 Å². The molecular formula is C33H36FN7O2. The number of guanidine groups is 1. The first-order valence-corrected chi connectivity index (χ1v) is 15.0. The van der Waals surface area contributed by atoms with Crippen LogP contribution in [0.5, 0.6) is 0 Å². The van der Waals surface area contributed by atoms with Crippen LogP contribution in [0.25, 0.3) is 45.1 Å². The van der Waals surface area contributed by atoms with Gasteiger partial charge in [-0.1, -0.05) is 30.8 Å². The molecule has 4 heterocycles. The maximum atomic E-state index is 16.3. The van der Waals surface area contributed by atoms with E-state index in [1.807, 2.05) is 41.1 Å². The van der Waals surface area contributed by atoms with Crippen LogP contribution in [0.2, 0.25) is 0 Å². The topological polar surface area (TPSA) is 124 Å². The average molecular weight is 582 g/mol. The highest BCUT2D eigenvalue weighted by Gasteiger charge is 2.37. The Hall–Kier alpha value is -4.57. The zero-order chi connectivity index (χ0) is 29.7. The van der Waals surface area contributed by atoms with E-state index in [1.54, 1.807) is 0 Å². The fourth-order valence-corrected chi connectivity index (χ4v) is 6.86. The van der Waals surface area contributed by atoms with Crippen LogP contribution in [0.3, 0.4) is 0 Å². The Bertz CT molecular complexity index is 1900. The number of carbonyl (C=O) groups is 1. The van der Waals surface area contributed by atoms with E-state index >= 15 is 4.39 Å². The molecule has 2 saturated heterocycles. The van der Waals surface area contributed by atoms with Crippen LogP contribution in [0, 0.1) is 17.1 Å². The van der Waals surface area contributed by atoms with Crippen molar-refractivity contribution < 1.29 is 13.6 Å². The summed E-state index contributed by atoms with van der Waals surface area (Å²) in [5.41, 5.74) is 8.75. The molecule has 1 amide bonds. The van der Waals surface area contributed by atoms with Crippen LogP contribution < -0.4 is 31.8 Å². The lowest BCUT2D eigenvalue weighted by Crippen LogP contribution is -2.40. The van der Waals surface area contributed by atoms with E-state index in [0.717, 1.165) is 48.6 Å². The number of nitrogens with two attached hydrogens (primary N) is 1. The summed E-state index contributed by atoms with van der Waals surface area (Å²) in [6, 6.07) is 13.9. The van der Waals surface area contributed by atoms with Gasteiger partial charge in [-0.05, 0) is 72.3 Å². The smallest absolute Gasteiger partial charge is 0.253 e. The van der Waals surface area contributed by atoms with Gasteiger partial charge in [0.05, 0.1) is 16.8 Å². The zero-order valence-corrected chi connectivity index (χ0v) is 24.0. The van der Waals surface area contributed by atoms with Crippen molar-refractivity contribution in [3.63, 3.8) is 0 Å². The van der Waals surface area contributed by atoms with E-state index in [2.05, 4.69) is 33.5 Å². The number of fused-ring (bicyclic) bond motifs is 4. The SMILES string of the molecule is C=c1c(C(=O)NCCCCNC(=N)N)cn2c3cc4ccccc4cc3oc3c(N4CC5CCCNC5C4)c(F)cc1c3-2. The highest BCUT2D eigenvalue weighted by Crippen LogP contribution is 2.41. The molecule has 4 aliphatic rings. The van der Waals surface area contributed by atoms with Crippen LogP contribution in [0.4, 0.5) is 10.1 Å². The fourth-order valence-electron chi connectivity index (χ4n) is 6.86. The average Bonchev–Trinajstić information content (AvgIpc) is 3.42. The van der Waals surface area contributed by atoms with Gasteiger partial charge in [-0.3, -0.25) is 10.2 Å². The first kappa shape index (κ1) is 27.3. The van der Waals surface area contributed by atoms with Crippen molar-refractivity contribution in [1.29, 1.82) is 5.41 Å². The van der Waals surface area contributed by atoms with Crippen LogP contribution >= 0.6 is 0 Å². The Labute approximate surface area is 248 Å². The van der Waals surface area contributed by atoms with Gasteiger partial charge in [0.15, 0.2) is 22.9 Å². The molecule has 0 aliphatic carbocycles. The van der Waals surface area contributed by atoms with Gasteiger partial charge >= 0.3 is 0 Å². The molecule has 3 aromatic carbocycles. The molecule has 7 rings (SSSR count). The van der Waals surface area contributed by atoms with E-state index in [0.29, 0.717) is 76.7 Å². The molecular weight excluding hydrogens is 545 g/mol. The van der Waals surface area contributed by atoms with Crippen LogP contribution in [-0.4, -0.2) is 55.2 Å². The summed E-state index contributed by atoms with van der Waals surface area (Å²) < 4.78 is 24.9. The lowest BCUT2D eigenvalue weighted by molar-refractivity contribution is 0.0951. The summed E-state index contributed by atoms with van der Waals surface area (Å²) in [7, 11) is 0. The third-order valence-electron chi connectivity index (χ3n) is 9.00. The third-order valence-corrected chi connectivity index (χ3v) is 9.00. The summed E-state index contributed by atoms with van der Waals surface area (Å²) in [4.78, 5) is 15.6. The normalized spacial score (nSPS) is 18.5. The molecule has 6 N–H and O–H groups in total. The first-order chi connectivity index (χ1) is 20.9. The van der Waals surface area contributed by atoms with Gasteiger partial charge in [-0.25, -0.2) is 4.39 Å². The second-order valence-electron chi connectivity index (χ2n) is 11.8. The Morgan fingerprint density at radius 2 is 1.88 bits per heavy atom. The number of halogens is 1. The third kappa shape index (κ3) is 4.85. The van der Waals surface area contributed by atoms with Crippen molar-refractivity contribution in [3.8, 4) is 5.69 Å². The van der Waals surface area contributed by atoms with E-state index in [9.17, 15) is 4.79 Å². The molecule has 2 unspecified atom stereocenters. The van der Waals surface area contributed by atoms with Gasteiger partial charge in [0.25, 0.3) is 5.91 Å². The molecule has 0 spiro atoms. The molecule has 0 radical (unpaired) electrons. The molecule has 4 aliphatic heterocycles. The Morgan fingerprint density at radius 3 is 2.65 bits per heavy atom. The molecule has 3 aromatic rings. The van der Waals surface area contributed by atoms with E-state index in [1.165, 1.54) is 6.07 Å². The van der Waals surface area contributed by atoms with Crippen molar-refractivity contribution >= 4 is 57.0 Å². The molecule has 222 valence electrons. The highest BCUT2D eigenvalue weighted by molar-refractivity contribution is 6.04. The van der Waals surface area contributed by atoms with Gasteiger partial charge in [0.2, 0.25) is 0 Å².